The smallest absolute Gasteiger partial charge is 0.299 e. The van der Waals surface area contributed by atoms with Crippen molar-refractivity contribution in [3.8, 4) is 0 Å². The molecule has 2 saturated heterocycles. The van der Waals surface area contributed by atoms with Crippen molar-refractivity contribution >= 4 is 33.4 Å². The number of hydrogen-bond donors (Lipinski definition) is 2. The number of hydrogen-bond acceptors (Lipinski definition) is 4. The fourth-order valence-electron chi connectivity index (χ4n) is 3.85. The minimum Gasteiger partial charge on any atom is -0.507 e. The molecule has 2 aliphatic heterocycles. The largest absolute Gasteiger partial charge is 0.507 e. The Kier molecular flexibility index (Phi) is 5.80. The van der Waals surface area contributed by atoms with Crippen LogP contribution >= 0.6 is 15.9 Å². The van der Waals surface area contributed by atoms with Gasteiger partial charge in [-0.2, -0.15) is 0 Å². The van der Waals surface area contributed by atoms with Gasteiger partial charge in [-0.1, -0.05) is 58.4 Å². The minimum atomic E-state index is -0.646. The molecule has 4 rings (SSSR count). The van der Waals surface area contributed by atoms with Crippen LogP contribution in [0.4, 0.5) is 0 Å². The summed E-state index contributed by atoms with van der Waals surface area (Å²) >= 11 is 3.43. The summed E-state index contributed by atoms with van der Waals surface area (Å²) in [6.45, 7) is 3.20. The zero-order chi connectivity index (χ0) is 20.4. The Balaban J connectivity index is 1.79. The van der Waals surface area contributed by atoms with Crippen LogP contribution in [0.15, 0.2) is 64.6 Å². The number of aliphatic hydroxyl groups is 1. The summed E-state index contributed by atoms with van der Waals surface area (Å²) in [6.07, 6.45) is 0. The number of carbonyl (C=O) groups excluding carboxylic acids is 2. The molecule has 29 heavy (non-hydrogen) atoms. The zero-order valence-electron chi connectivity index (χ0n) is 15.8. The molecule has 1 unspecified atom stereocenters. The van der Waals surface area contributed by atoms with E-state index < -0.39 is 17.7 Å². The molecule has 0 aliphatic carbocycles. The Morgan fingerprint density at radius 3 is 2.38 bits per heavy atom. The van der Waals surface area contributed by atoms with Gasteiger partial charge in [0.25, 0.3) is 11.7 Å². The molecule has 150 valence electrons. The van der Waals surface area contributed by atoms with Gasteiger partial charge in [0, 0.05) is 10.0 Å². The quantitative estimate of drug-likeness (QED) is 0.416. The molecular formula is C22H22BrN2O4+. The molecule has 2 aromatic carbocycles. The van der Waals surface area contributed by atoms with E-state index in [1.165, 1.54) is 4.90 Å². The number of nitrogens with one attached hydrogen (secondary N) is 1. The van der Waals surface area contributed by atoms with E-state index >= 15 is 0 Å². The van der Waals surface area contributed by atoms with Crippen LogP contribution in [0.3, 0.4) is 0 Å². The van der Waals surface area contributed by atoms with Gasteiger partial charge >= 0.3 is 0 Å². The average molecular weight is 458 g/mol. The van der Waals surface area contributed by atoms with Crippen molar-refractivity contribution in [1.29, 1.82) is 0 Å². The molecular weight excluding hydrogens is 436 g/mol. The third kappa shape index (κ3) is 3.99. The summed E-state index contributed by atoms with van der Waals surface area (Å²) in [4.78, 5) is 28.7. The molecule has 2 N–H and O–H groups in total. The first kappa shape index (κ1) is 19.8. The second-order valence-electron chi connectivity index (χ2n) is 7.21. The van der Waals surface area contributed by atoms with E-state index in [4.69, 9.17) is 4.74 Å². The summed E-state index contributed by atoms with van der Waals surface area (Å²) < 4.78 is 6.31. The zero-order valence-corrected chi connectivity index (χ0v) is 17.4. The van der Waals surface area contributed by atoms with Crippen molar-refractivity contribution < 1.29 is 24.3 Å². The summed E-state index contributed by atoms with van der Waals surface area (Å²) in [5, 5.41) is 11.0. The number of Topliss-reactive ketones (excluding diaryl/α,β-unsaturated/α-hetero) is 1. The molecule has 2 aliphatic rings. The molecule has 2 heterocycles. The lowest BCUT2D eigenvalue weighted by Crippen LogP contribution is -3.15. The maximum atomic E-state index is 13.0. The maximum Gasteiger partial charge on any atom is 0.299 e. The number of rotatable bonds is 4. The fourth-order valence-corrected chi connectivity index (χ4v) is 4.11. The second kappa shape index (κ2) is 8.49. The number of ketones is 1. The van der Waals surface area contributed by atoms with E-state index in [1.54, 1.807) is 29.2 Å². The molecule has 0 radical (unpaired) electrons. The number of aliphatic hydroxyl groups excluding tert-OH is 1. The maximum absolute atomic E-state index is 13.0. The molecule has 1 amide bonds. The number of quaternary nitrogens is 1. The van der Waals surface area contributed by atoms with Crippen molar-refractivity contribution in [2.24, 2.45) is 0 Å². The number of nitrogens with zero attached hydrogens (tertiary/aromatic N) is 1. The van der Waals surface area contributed by atoms with Crippen molar-refractivity contribution in [1.82, 2.24) is 4.90 Å². The van der Waals surface area contributed by atoms with E-state index in [0.717, 1.165) is 23.1 Å². The Labute approximate surface area is 177 Å². The lowest BCUT2D eigenvalue weighted by Gasteiger charge is -2.31. The van der Waals surface area contributed by atoms with Crippen LogP contribution in [0.1, 0.15) is 17.2 Å². The number of benzene rings is 2. The van der Waals surface area contributed by atoms with Crippen LogP contribution in [0, 0.1) is 0 Å². The Morgan fingerprint density at radius 1 is 1.07 bits per heavy atom. The fraction of sp³-hybridized carbons (Fsp3) is 0.273. The topological polar surface area (TPSA) is 71.3 Å². The number of carbonyl (C=O) groups is 2. The van der Waals surface area contributed by atoms with Crippen LogP contribution in [0.5, 0.6) is 0 Å². The van der Waals surface area contributed by atoms with Gasteiger partial charge in [-0.3, -0.25) is 14.5 Å². The van der Waals surface area contributed by atoms with Crippen LogP contribution in [0.2, 0.25) is 0 Å². The van der Waals surface area contributed by atoms with Crippen LogP contribution in [-0.4, -0.2) is 54.7 Å². The van der Waals surface area contributed by atoms with Crippen molar-refractivity contribution in [3.05, 3.63) is 75.8 Å². The standard InChI is InChI=1S/C22H21BrN2O4/c23-17-8-6-15(7-9-17)19-18(20(26)16-4-2-1-3-5-16)21(27)22(28)25(19)14-24-10-12-29-13-11-24/h1-9,19,26H,10-14H2/p+1. The lowest BCUT2D eigenvalue weighted by atomic mass is 9.95. The third-order valence-corrected chi connectivity index (χ3v) is 5.90. The number of ether oxygens (including phenoxy) is 1. The Bertz CT molecular complexity index is 937. The number of halogens is 1. The number of morpholine rings is 1. The van der Waals surface area contributed by atoms with Crippen molar-refractivity contribution in [2.75, 3.05) is 33.0 Å². The molecule has 2 fully saturated rings. The first-order valence-corrected chi connectivity index (χ1v) is 10.4. The van der Waals surface area contributed by atoms with Crippen molar-refractivity contribution in [3.63, 3.8) is 0 Å². The van der Waals surface area contributed by atoms with Gasteiger partial charge in [0.1, 0.15) is 18.8 Å². The van der Waals surface area contributed by atoms with E-state index in [9.17, 15) is 14.7 Å². The van der Waals surface area contributed by atoms with Gasteiger partial charge < -0.3 is 14.7 Å². The number of likely N-dealkylation sites (tertiary alicyclic amines) is 1. The average Bonchev–Trinajstić information content (AvgIpc) is 3.00. The summed E-state index contributed by atoms with van der Waals surface area (Å²) in [5.41, 5.74) is 1.44. The monoisotopic (exact) mass is 457 g/mol. The van der Waals surface area contributed by atoms with Crippen LogP contribution < -0.4 is 4.90 Å². The first-order valence-electron chi connectivity index (χ1n) is 9.57. The highest BCUT2D eigenvalue weighted by atomic mass is 79.9. The summed E-state index contributed by atoms with van der Waals surface area (Å²) in [6, 6.07) is 15.8. The molecule has 1 atom stereocenters. The lowest BCUT2D eigenvalue weighted by molar-refractivity contribution is -0.916. The van der Waals surface area contributed by atoms with E-state index in [0.29, 0.717) is 25.4 Å². The van der Waals surface area contributed by atoms with Gasteiger partial charge in [-0.05, 0) is 17.7 Å². The van der Waals surface area contributed by atoms with E-state index in [1.807, 2.05) is 30.3 Å². The first-order chi connectivity index (χ1) is 14.1. The molecule has 0 spiro atoms. The second-order valence-corrected chi connectivity index (χ2v) is 8.12. The number of amides is 1. The molecule has 6 nitrogen and oxygen atoms in total. The molecule has 0 aromatic heterocycles. The van der Waals surface area contributed by atoms with Gasteiger partial charge in [-0.25, -0.2) is 0 Å². The van der Waals surface area contributed by atoms with Gasteiger partial charge in [0.2, 0.25) is 0 Å². The Hall–Kier alpha value is -2.48. The van der Waals surface area contributed by atoms with Gasteiger partial charge in [0.05, 0.1) is 24.8 Å². The molecule has 2 aromatic rings. The van der Waals surface area contributed by atoms with Crippen molar-refractivity contribution in [2.45, 2.75) is 6.04 Å². The van der Waals surface area contributed by atoms with Gasteiger partial charge in [-0.15, -0.1) is 0 Å². The van der Waals surface area contributed by atoms with Gasteiger partial charge in [0.15, 0.2) is 6.67 Å². The Morgan fingerprint density at radius 2 is 1.72 bits per heavy atom. The molecule has 0 bridgehead atoms. The molecule has 7 heteroatoms. The highest BCUT2D eigenvalue weighted by molar-refractivity contribution is 9.10. The van der Waals surface area contributed by atoms with E-state index in [-0.39, 0.29) is 11.3 Å². The predicted octanol–water partition coefficient (Wildman–Crippen LogP) is 1.74. The molecule has 0 saturated carbocycles. The summed E-state index contributed by atoms with van der Waals surface area (Å²) in [7, 11) is 0. The normalized spacial score (nSPS) is 22.2. The van der Waals surface area contributed by atoms with E-state index in [2.05, 4.69) is 15.9 Å². The highest BCUT2D eigenvalue weighted by Crippen LogP contribution is 2.39. The third-order valence-electron chi connectivity index (χ3n) is 5.37. The van der Waals surface area contributed by atoms with Crippen LogP contribution in [0.25, 0.3) is 5.76 Å². The summed E-state index contributed by atoms with van der Waals surface area (Å²) in [5.74, 6) is -1.36. The SMILES string of the molecule is O=C1C(=O)N(C[NH+]2CCOCC2)C(c2ccc(Br)cc2)C1=C(O)c1ccccc1. The van der Waals surface area contributed by atoms with Crippen LogP contribution in [-0.2, 0) is 14.3 Å². The predicted molar refractivity (Wildman–Crippen MR) is 111 cm³/mol. The minimum absolute atomic E-state index is 0.135. The highest BCUT2D eigenvalue weighted by Gasteiger charge is 2.47.